The molecule has 0 bridgehead atoms. The standard InChI is InChI=1S/C24H30N8O.C8H12O2/c1-25-23-21(17-20(28-29-23)19-5-2-3-6-22(19)33)31-15-13-30(14-16-31)18-7-11-32(12-8-18)24-26-9-4-10-27-24;9-7(10)6-4-8(5-6)2-1-3-8/h2-6,9-10,17-18,33H,7-8,11-16H2,1H3,(H,25,29);6H,1-5H2,(H,9,10). The van der Waals surface area contributed by atoms with Gasteiger partial charge in [-0.3, -0.25) is 9.69 Å². The van der Waals surface area contributed by atoms with Crippen LogP contribution in [0.3, 0.4) is 0 Å². The maximum atomic E-state index is 10.4. The molecule has 3 N–H and O–H groups in total. The number of carboxylic acid groups (broad SMARTS) is 1. The summed E-state index contributed by atoms with van der Waals surface area (Å²) in [5.41, 5.74) is 2.92. The highest BCUT2D eigenvalue weighted by Crippen LogP contribution is 2.58. The van der Waals surface area contributed by atoms with Crippen LogP contribution in [-0.2, 0) is 4.79 Å². The molecule has 4 heterocycles. The van der Waals surface area contributed by atoms with Crippen molar-refractivity contribution in [1.82, 2.24) is 25.1 Å². The van der Waals surface area contributed by atoms with Crippen LogP contribution in [0.1, 0.15) is 44.9 Å². The molecule has 4 aliphatic rings. The summed E-state index contributed by atoms with van der Waals surface area (Å²) in [4.78, 5) is 26.5. The molecule has 2 saturated heterocycles. The van der Waals surface area contributed by atoms with Gasteiger partial charge in [0.05, 0.1) is 17.3 Å². The van der Waals surface area contributed by atoms with Gasteiger partial charge in [0.1, 0.15) is 5.75 Å². The van der Waals surface area contributed by atoms with E-state index in [-0.39, 0.29) is 11.7 Å². The Morgan fingerprint density at radius 1 is 0.930 bits per heavy atom. The third-order valence-electron chi connectivity index (χ3n) is 9.78. The number of rotatable bonds is 6. The normalized spacial score (nSPS) is 20.5. The summed E-state index contributed by atoms with van der Waals surface area (Å²) in [5, 5.41) is 30.7. The summed E-state index contributed by atoms with van der Waals surface area (Å²) in [5.74, 6) is 1.23. The van der Waals surface area contributed by atoms with Crippen molar-refractivity contribution in [2.75, 3.05) is 61.4 Å². The third kappa shape index (κ3) is 6.36. The lowest BCUT2D eigenvalue weighted by molar-refractivity contribution is -0.154. The number of aromatic hydroxyl groups is 1. The average molecular weight is 587 g/mol. The van der Waals surface area contributed by atoms with Crippen LogP contribution in [0.4, 0.5) is 17.5 Å². The molecule has 2 aromatic heterocycles. The topological polar surface area (TPSA) is 131 Å². The first kappa shape index (κ1) is 29.1. The van der Waals surface area contributed by atoms with E-state index in [9.17, 15) is 9.90 Å². The van der Waals surface area contributed by atoms with Crippen LogP contribution in [0.2, 0.25) is 0 Å². The van der Waals surface area contributed by atoms with Gasteiger partial charge in [-0.25, -0.2) is 9.97 Å². The predicted molar refractivity (Wildman–Crippen MR) is 166 cm³/mol. The van der Waals surface area contributed by atoms with E-state index in [1.54, 1.807) is 6.07 Å². The molecule has 7 rings (SSSR count). The summed E-state index contributed by atoms with van der Waals surface area (Å²) in [7, 11) is 1.87. The Morgan fingerprint density at radius 3 is 2.23 bits per heavy atom. The van der Waals surface area contributed by atoms with Crippen LogP contribution in [0.25, 0.3) is 11.3 Å². The van der Waals surface area contributed by atoms with E-state index in [1.807, 2.05) is 49.8 Å². The zero-order valence-electron chi connectivity index (χ0n) is 24.9. The number of phenols is 1. The van der Waals surface area contributed by atoms with E-state index in [0.29, 0.717) is 22.7 Å². The number of aromatic nitrogens is 4. The van der Waals surface area contributed by atoms with Crippen LogP contribution in [0, 0.1) is 11.3 Å². The Bertz CT molecular complexity index is 1380. The second-order valence-electron chi connectivity index (χ2n) is 12.3. The van der Waals surface area contributed by atoms with E-state index < -0.39 is 5.97 Å². The van der Waals surface area contributed by atoms with Crippen molar-refractivity contribution in [1.29, 1.82) is 0 Å². The van der Waals surface area contributed by atoms with E-state index >= 15 is 0 Å². The van der Waals surface area contributed by atoms with Gasteiger partial charge in [-0.1, -0.05) is 18.6 Å². The van der Waals surface area contributed by atoms with Crippen LogP contribution in [0.15, 0.2) is 48.8 Å². The monoisotopic (exact) mass is 586 g/mol. The Labute approximate surface area is 253 Å². The van der Waals surface area contributed by atoms with Crippen molar-refractivity contribution in [3.8, 4) is 17.0 Å². The third-order valence-corrected chi connectivity index (χ3v) is 9.78. The van der Waals surface area contributed by atoms with Crippen molar-refractivity contribution in [3.05, 3.63) is 48.8 Å². The number of hydrogen-bond acceptors (Lipinski definition) is 10. The first-order chi connectivity index (χ1) is 20.9. The number of benzene rings is 1. The Balaban J connectivity index is 0.000000277. The van der Waals surface area contributed by atoms with Crippen molar-refractivity contribution >= 4 is 23.4 Å². The van der Waals surface area contributed by atoms with Gasteiger partial charge in [0.15, 0.2) is 5.82 Å². The highest BCUT2D eigenvalue weighted by atomic mass is 16.4. The van der Waals surface area contributed by atoms with E-state index in [0.717, 1.165) is 82.4 Å². The molecule has 11 nitrogen and oxygen atoms in total. The molecule has 0 atom stereocenters. The average Bonchev–Trinajstić information content (AvgIpc) is 3.00. The highest BCUT2D eigenvalue weighted by Gasteiger charge is 2.50. The molecule has 2 saturated carbocycles. The molecule has 228 valence electrons. The molecule has 0 radical (unpaired) electrons. The zero-order chi connectivity index (χ0) is 29.8. The largest absolute Gasteiger partial charge is 0.507 e. The molecule has 1 spiro atoms. The van der Waals surface area contributed by atoms with Gasteiger partial charge in [-0.2, -0.15) is 0 Å². The lowest BCUT2D eigenvalue weighted by Crippen LogP contribution is -2.53. The van der Waals surface area contributed by atoms with Gasteiger partial charge < -0.3 is 25.3 Å². The van der Waals surface area contributed by atoms with Crippen LogP contribution in [0.5, 0.6) is 5.75 Å². The van der Waals surface area contributed by atoms with Crippen LogP contribution in [-0.4, -0.2) is 93.6 Å². The first-order valence-electron chi connectivity index (χ1n) is 15.5. The molecule has 4 fully saturated rings. The lowest BCUT2D eigenvalue weighted by atomic mass is 9.52. The molecule has 3 aromatic rings. The summed E-state index contributed by atoms with van der Waals surface area (Å²) in [6, 6.07) is 11.7. The van der Waals surface area contributed by atoms with Gasteiger partial charge in [0.2, 0.25) is 5.95 Å². The number of carbonyl (C=O) groups is 1. The van der Waals surface area contributed by atoms with E-state index in [1.165, 1.54) is 19.3 Å². The fourth-order valence-corrected chi connectivity index (χ4v) is 7.08. The molecule has 0 amide bonds. The van der Waals surface area contributed by atoms with Gasteiger partial charge in [0, 0.05) is 70.3 Å². The van der Waals surface area contributed by atoms with Gasteiger partial charge in [-0.05, 0) is 68.2 Å². The summed E-state index contributed by atoms with van der Waals surface area (Å²) in [6.45, 7) is 5.90. The Kier molecular flexibility index (Phi) is 8.60. The quantitative estimate of drug-likeness (QED) is 0.385. The minimum Gasteiger partial charge on any atom is -0.507 e. The van der Waals surface area contributed by atoms with E-state index in [4.69, 9.17) is 5.11 Å². The first-order valence-corrected chi connectivity index (χ1v) is 15.5. The number of para-hydroxylation sites is 1. The predicted octanol–water partition coefficient (Wildman–Crippen LogP) is 4.12. The Hall–Kier alpha value is -3.99. The molecule has 2 aliphatic heterocycles. The number of hydrogen-bond donors (Lipinski definition) is 3. The smallest absolute Gasteiger partial charge is 0.306 e. The number of aliphatic carboxylic acids is 1. The maximum Gasteiger partial charge on any atom is 0.306 e. The number of nitrogens with one attached hydrogen (secondary N) is 1. The number of phenolic OH excluding ortho intramolecular Hbond substituents is 1. The fourth-order valence-electron chi connectivity index (χ4n) is 7.08. The second-order valence-corrected chi connectivity index (χ2v) is 12.3. The molecule has 0 unspecified atom stereocenters. The lowest BCUT2D eigenvalue weighted by Gasteiger charge is -2.52. The molecule has 43 heavy (non-hydrogen) atoms. The second kappa shape index (κ2) is 12.7. The van der Waals surface area contributed by atoms with Crippen molar-refractivity contribution < 1.29 is 15.0 Å². The minimum atomic E-state index is -0.586. The van der Waals surface area contributed by atoms with Crippen LogP contribution < -0.4 is 15.1 Å². The highest BCUT2D eigenvalue weighted by molar-refractivity contribution is 5.75. The molecule has 1 aromatic carbocycles. The number of carboxylic acids is 1. The summed E-state index contributed by atoms with van der Waals surface area (Å²) in [6.07, 6.45) is 11.7. The van der Waals surface area contributed by atoms with Crippen molar-refractivity contribution in [2.45, 2.75) is 51.0 Å². The van der Waals surface area contributed by atoms with Crippen molar-refractivity contribution in [2.24, 2.45) is 11.3 Å². The molecular formula is C32H42N8O3. The van der Waals surface area contributed by atoms with Gasteiger partial charge >= 0.3 is 5.97 Å². The number of nitrogens with zero attached hydrogens (tertiary/aromatic N) is 7. The van der Waals surface area contributed by atoms with E-state index in [2.05, 4.69) is 40.2 Å². The molecule has 11 heteroatoms. The van der Waals surface area contributed by atoms with Gasteiger partial charge in [-0.15, -0.1) is 10.2 Å². The SMILES string of the molecule is CNc1nnc(-c2ccccc2O)cc1N1CCN(C2CCN(c3ncccn3)CC2)CC1.O=C(O)C1CC2(CCC2)C1. The number of piperidine rings is 1. The molecule has 2 aliphatic carbocycles. The molecular weight excluding hydrogens is 544 g/mol. The minimum absolute atomic E-state index is 0.000278. The number of piperazine rings is 1. The fraction of sp³-hybridized carbons (Fsp3) is 0.531. The van der Waals surface area contributed by atoms with Crippen molar-refractivity contribution in [3.63, 3.8) is 0 Å². The summed E-state index contributed by atoms with van der Waals surface area (Å²) >= 11 is 0. The van der Waals surface area contributed by atoms with Gasteiger partial charge in [0.25, 0.3) is 0 Å². The van der Waals surface area contributed by atoms with Crippen LogP contribution >= 0.6 is 0 Å². The zero-order valence-corrected chi connectivity index (χ0v) is 24.9. The Morgan fingerprint density at radius 2 is 1.63 bits per heavy atom. The maximum absolute atomic E-state index is 10.4. The summed E-state index contributed by atoms with van der Waals surface area (Å²) < 4.78 is 0. The number of anilines is 3.